The Bertz CT molecular complexity index is 752. The molecule has 29 heavy (non-hydrogen) atoms. The largest absolute Gasteiger partial charge is 0.374 e. The maximum atomic E-state index is 6.04. The number of rotatable bonds is 6. The van der Waals surface area contributed by atoms with Gasteiger partial charge in [-0.1, -0.05) is 61.4 Å². The zero-order valence-corrected chi connectivity index (χ0v) is 18.3. The standard InChI is InChI=1S/C26H36N2O/c1-20-16-28(17-21(2)27(20)3)18-22-8-12-24(13-9-22)25-14-10-23(11-15-25)19-29-26-6-4-5-7-26/h8-15,20-21,26H,4-7,16-19H2,1-3H3/t20-,21+. The summed E-state index contributed by atoms with van der Waals surface area (Å²) in [4.78, 5) is 5.07. The van der Waals surface area contributed by atoms with E-state index in [2.05, 4.69) is 79.2 Å². The molecule has 2 aliphatic rings. The lowest BCUT2D eigenvalue weighted by Gasteiger charge is -2.42. The van der Waals surface area contributed by atoms with E-state index in [-0.39, 0.29) is 0 Å². The van der Waals surface area contributed by atoms with Gasteiger partial charge in [0.1, 0.15) is 0 Å². The highest BCUT2D eigenvalue weighted by Gasteiger charge is 2.26. The molecule has 1 aliphatic carbocycles. The SMILES string of the molecule is C[C@@H]1CN(Cc2ccc(-c3ccc(COC4CCCC4)cc3)cc2)C[C@H](C)N1C. The van der Waals surface area contributed by atoms with Crippen LogP contribution in [0.1, 0.15) is 50.7 Å². The van der Waals surface area contributed by atoms with Crippen LogP contribution in [0.4, 0.5) is 0 Å². The summed E-state index contributed by atoms with van der Waals surface area (Å²) >= 11 is 0. The molecular formula is C26H36N2O. The minimum Gasteiger partial charge on any atom is -0.374 e. The first kappa shape index (κ1) is 20.6. The highest BCUT2D eigenvalue weighted by Crippen LogP contribution is 2.24. The van der Waals surface area contributed by atoms with Gasteiger partial charge in [0.25, 0.3) is 0 Å². The molecule has 3 heteroatoms. The van der Waals surface area contributed by atoms with E-state index >= 15 is 0 Å². The third kappa shape index (κ3) is 5.28. The van der Waals surface area contributed by atoms with E-state index in [0.29, 0.717) is 18.2 Å². The van der Waals surface area contributed by atoms with Crippen LogP contribution < -0.4 is 0 Å². The van der Waals surface area contributed by atoms with Crippen LogP contribution in [-0.2, 0) is 17.9 Å². The second-order valence-electron chi connectivity index (χ2n) is 9.17. The van der Waals surface area contributed by atoms with Crippen LogP contribution in [0.3, 0.4) is 0 Å². The summed E-state index contributed by atoms with van der Waals surface area (Å²) in [6.07, 6.45) is 5.60. The molecule has 0 N–H and O–H groups in total. The van der Waals surface area contributed by atoms with Crippen LogP contribution in [0.15, 0.2) is 48.5 Å². The van der Waals surface area contributed by atoms with Gasteiger partial charge in [0.2, 0.25) is 0 Å². The van der Waals surface area contributed by atoms with Crippen LogP contribution in [0.5, 0.6) is 0 Å². The van der Waals surface area contributed by atoms with Gasteiger partial charge in [-0.05, 0) is 56.0 Å². The van der Waals surface area contributed by atoms with Crippen LogP contribution in [0.2, 0.25) is 0 Å². The Balaban J connectivity index is 1.32. The quantitative estimate of drug-likeness (QED) is 0.660. The average Bonchev–Trinajstić information content (AvgIpc) is 3.25. The third-order valence-electron chi connectivity index (χ3n) is 6.87. The maximum absolute atomic E-state index is 6.04. The van der Waals surface area contributed by atoms with Crippen LogP contribution in [0.25, 0.3) is 11.1 Å². The number of piperazine rings is 1. The smallest absolute Gasteiger partial charge is 0.0720 e. The van der Waals surface area contributed by atoms with Gasteiger partial charge in [-0.25, -0.2) is 0 Å². The summed E-state index contributed by atoms with van der Waals surface area (Å²) in [6.45, 7) is 8.73. The van der Waals surface area contributed by atoms with E-state index in [9.17, 15) is 0 Å². The van der Waals surface area contributed by atoms with Gasteiger partial charge in [0.05, 0.1) is 12.7 Å². The molecule has 2 aromatic rings. The molecule has 0 aromatic heterocycles. The van der Waals surface area contributed by atoms with E-state index in [1.165, 1.54) is 47.9 Å². The van der Waals surface area contributed by atoms with Crippen molar-refractivity contribution in [2.75, 3.05) is 20.1 Å². The second-order valence-corrected chi connectivity index (χ2v) is 9.17. The van der Waals surface area contributed by atoms with Gasteiger partial charge in [-0.2, -0.15) is 0 Å². The molecular weight excluding hydrogens is 356 g/mol. The molecule has 4 rings (SSSR count). The van der Waals surface area contributed by atoms with E-state index < -0.39 is 0 Å². The fourth-order valence-corrected chi connectivity index (χ4v) is 4.77. The minimum absolute atomic E-state index is 0.480. The summed E-state index contributed by atoms with van der Waals surface area (Å²) in [5.74, 6) is 0. The van der Waals surface area contributed by atoms with Gasteiger partial charge < -0.3 is 4.74 Å². The number of benzene rings is 2. The highest BCUT2D eigenvalue weighted by molar-refractivity contribution is 5.63. The number of hydrogen-bond donors (Lipinski definition) is 0. The molecule has 0 spiro atoms. The average molecular weight is 393 g/mol. The number of hydrogen-bond acceptors (Lipinski definition) is 3. The molecule has 0 amide bonds. The van der Waals surface area contributed by atoms with Crippen LogP contribution in [0, 0.1) is 0 Å². The fourth-order valence-electron chi connectivity index (χ4n) is 4.77. The predicted molar refractivity (Wildman–Crippen MR) is 121 cm³/mol. The van der Waals surface area contributed by atoms with Gasteiger partial charge in [-0.15, -0.1) is 0 Å². The molecule has 2 fully saturated rings. The van der Waals surface area contributed by atoms with Crippen molar-refractivity contribution in [2.24, 2.45) is 0 Å². The summed E-state index contributed by atoms with van der Waals surface area (Å²) in [5, 5.41) is 0. The van der Waals surface area contributed by atoms with Crippen molar-refractivity contribution in [3.8, 4) is 11.1 Å². The summed E-state index contributed by atoms with van der Waals surface area (Å²) < 4.78 is 6.04. The molecule has 0 unspecified atom stereocenters. The maximum Gasteiger partial charge on any atom is 0.0720 e. The first-order chi connectivity index (χ1) is 14.1. The lowest BCUT2D eigenvalue weighted by Crippen LogP contribution is -2.54. The van der Waals surface area contributed by atoms with Gasteiger partial charge >= 0.3 is 0 Å². The second kappa shape index (κ2) is 9.42. The van der Waals surface area contributed by atoms with Crippen LogP contribution >= 0.6 is 0 Å². The van der Waals surface area contributed by atoms with Gasteiger partial charge in [0, 0.05) is 31.7 Å². The molecule has 1 heterocycles. The van der Waals surface area contributed by atoms with Crippen molar-refractivity contribution >= 4 is 0 Å². The molecule has 3 nitrogen and oxygen atoms in total. The monoisotopic (exact) mass is 392 g/mol. The number of likely N-dealkylation sites (N-methyl/N-ethyl adjacent to an activating group) is 1. The Labute approximate surface area is 176 Å². The predicted octanol–water partition coefficient (Wildman–Crippen LogP) is 5.34. The number of nitrogens with zero attached hydrogens (tertiary/aromatic N) is 2. The number of ether oxygens (including phenoxy) is 1. The minimum atomic E-state index is 0.480. The first-order valence-corrected chi connectivity index (χ1v) is 11.3. The molecule has 1 aliphatic heterocycles. The molecule has 1 saturated heterocycles. The third-order valence-corrected chi connectivity index (χ3v) is 6.87. The van der Waals surface area contributed by atoms with Crippen molar-refractivity contribution in [3.05, 3.63) is 59.7 Å². The van der Waals surface area contributed by atoms with E-state index in [4.69, 9.17) is 4.74 Å². The van der Waals surface area contributed by atoms with E-state index in [0.717, 1.165) is 26.2 Å². The topological polar surface area (TPSA) is 15.7 Å². The Morgan fingerprint density at radius 1 is 0.793 bits per heavy atom. The summed E-state index contributed by atoms with van der Waals surface area (Å²) in [6, 6.07) is 19.2. The lowest BCUT2D eigenvalue weighted by atomic mass is 10.0. The zero-order valence-electron chi connectivity index (χ0n) is 18.3. The van der Waals surface area contributed by atoms with Crippen molar-refractivity contribution in [1.29, 1.82) is 0 Å². The summed E-state index contributed by atoms with van der Waals surface area (Å²) in [5.41, 5.74) is 5.25. The molecule has 2 aromatic carbocycles. The molecule has 0 radical (unpaired) electrons. The van der Waals surface area contributed by atoms with Crippen molar-refractivity contribution in [3.63, 3.8) is 0 Å². The Morgan fingerprint density at radius 3 is 1.86 bits per heavy atom. The van der Waals surface area contributed by atoms with Crippen molar-refractivity contribution in [1.82, 2.24) is 9.80 Å². The molecule has 0 bridgehead atoms. The van der Waals surface area contributed by atoms with E-state index in [1.807, 2.05) is 0 Å². The van der Waals surface area contributed by atoms with Crippen molar-refractivity contribution in [2.45, 2.75) is 70.9 Å². The van der Waals surface area contributed by atoms with Gasteiger partial charge in [0.15, 0.2) is 0 Å². The Hall–Kier alpha value is -1.68. The van der Waals surface area contributed by atoms with Gasteiger partial charge in [-0.3, -0.25) is 9.80 Å². The molecule has 1 saturated carbocycles. The zero-order chi connectivity index (χ0) is 20.2. The molecule has 2 atom stereocenters. The Morgan fingerprint density at radius 2 is 1.31 bits per heavy atom. The van der Waals surface area contributed by atoms with Crippen LogP contribution in [-0.4, -0.2) is 48.1 Å². The first-order valence-electron chi connectivity index (χ1n) is 11.3. The highest BCUT2D eigenvalue weighted by atomic mass is 16.5. The lowest BCUT2D eigenvalue weighted by molar-refractivity contribution is 0.0457. The van der Waals surface area contributed by atoms with E-state index in [1.54, 1.807) is 0 Å². The molecule has 156 valence electrons. The normalized spacial score (nSPS) is 24.2. The fraction of sp³-hybridized carbons (Fsp3) is 0.538. The van der Waals surface area contributed by atoms with Crippen molar-refractivity contribution < 1.29 is 4.74 Å². The summed E-state index contributed by atoms with van der Waals surface area (Å²) in [7, 11) is 2.24. The Kier molecular flexibility index (Phi) is 6.69.